The van der Waals surface area contributed by atoms with E-state index in [-0.39, 0.29) is 0 Å². The minimum Gasteiger partial charge on any atom is -0.497 e. The summed E-state index contributed by atoms with van der Waals surface area (Å²) in [6, 6.07) is 9.84. The van der Waals surface area contributed by atoms with E-state index in [1.54, 1.807) is 13.3 Å². The van der Waals surface area contributed by atoms with Crippen LogP contribution in [0.2, 0.25) is 0 Å². The first-order valence-electron chi connectivity index (χ1n) is 7.75. The Hall–Kier alpha value is -2.30. The molecule has 0 aliphatic heterocycles. The molecule has 1 aromatic carbocycles. The fraction of sp³-hybridized carbons (Fsp3) is 0.412. The van der Waals surface area contributed by atoms with Gasteiger partial charge in [-0.3, -0.25) is 0 Å². The summed E-state index contributed by atoms with van der Waals surface area (Å²) in [5, 5.41) is 6.56. The maximum absolute atomic E-state index is 5.15. The Labute approximate surface area is 132 Å². The van der Waals surface area contributed by atoms with Crippen LogP contribution in [0, 0.1) is 0 Å². The molecule has 1 aromatic heterocycles. The molecule has 0 amide bonds. The van der Waals surface area contributed by atoms with Gasteiger partial charge in [0.15, 0.2) is 0 Å². The second kappa shape index (κ2) is 8.87. The molecule has 118 valence electrons. The lowest BCUT2D eigenvalue weighted by atomic mass is 10.2. The van der Waals surface area contributed by atoms with Crippen LogP contribution in [0.15, 0.2) is 36.5 Å². The molecule has 0 aliphatic carbocycles. The summed E-state index contributed by atoms with van der Waals surface area (Å²) in [5.41, 5.74) is 1.16. The quantitative estimate of drug-likeness (QED) is 0.692. The molecular formula is C17H24N4O. The van der Waals surface area contributed by atoms with Gasteiger partial charge in [0.25, 0.3) is 0 Å². The van der Waals surface area contributed by atoms with Crippen LogP contribution in [0.5, 0.6) is 5.75 Å². The van der Waals surface area contributed by atoms with Crippen molar-refractivity contribution in [1.29, 1.82) is 0 Å². The maximum atomic E-state index is 5.15. The van der Waals surface area contributed by atoms with Gasteiger partial charge in [0.05, 0.1) is 7.11 Å². The van der Waals surface area contributed by atoms with Crippen LogP contribution in [0.3, 0.4) is 0 Å². The molecule has 2 N–H and O–H groups in total. The summed E-state index contributed by atoms with van der Waals surface area (Å²) >= 11 is 0. The Morgan fingerprint density at radius 3 is 2.59 bits per heavy atom. The lowest BCUT2D eigenvalue weighted by Crippen LogP contribution is -2.07. The van der Waals surface area contributed by atoms with E-state index < -0.39 is 0 Å². The van der Waals surface area contributed by atoms with Crippen LogP contribution in [0.25, 0.3) is 0 Å². The normalized spacial score (nSPS) is 10.3. The molecule has 0 saturated heterocycles. The highest BCUT2D eigenvalue weighted by atomic mass is 16.5. The lowest BCUT2D eigenvalue weighted by Gasteiger charge is -2.08. The molecule has 2 rings (SSSR count). The molecule has 0 spiro atoms. The molecule has 0 unspecified atom stereocenters. The monoisotopic (exact) mass is 300 g/mol. The molecular weight excluding hydrogens is 276 g/mol. The molecule has 5 nitrogen and oxygen atoms in total. The van der Waals surface area contributed by atoms with Gasteiger partial charge >= 0.3 is 0 Å². The number of ether oxygens (including phenoxy) is 1. The molecule has 5 heteroatoms. The average Bonchev–Trinajstić information content (AvgIpc) is 2.58. The first-order chi connectivity index (χ1) is 10.8. The van der Waals surface area contributed by atoms with Gasteiger partial charge in [-0.1, -0.05) is 31.9 Å². The second-order valence-electron chi connectivity index (χ2n) is 5.10. The molecule has 22 heavy (non-hydrogen) atoms. The first-order valence-corrected chi connectivity index (χ1v) is 7.75. The number of nitrogens with one attached hydrogen (secondary N) is 2. The highest BCUT2D eigenvalue weighted by Gasteiger charge is 2.00. The van der Waals surface area contributed by atoms with E-state index in [9.17, 15) is 0 Å². The Kier molecular flexibility index (Phi) is 6.48. The van der Waals surface area contributed by atoms with E-state index in [1.165, 1.54) is 12.8 Å². The fourth-order valence-corrected chi connectivity index (χ4v) is 2.06. The smallest absolute Gasteiger partial charge is 0.224 e. The van der Waals surface area contributed by atoms with Crippen molar-refractivity contribution in [2.45, 2.75) is 32.7 Å². The lowest BCUT2D eigenvalue weighted by molar-refractivity contribution is 0.414. The van der Waals surface area contributed by atoms with Crippen molar-refractivity contribution in [3.05, 3.63) is 42.1 Å². The third-order valence-corrected chi connectivity index (χ3v) is 3.35. The largest absolute Gasteiger partial charge is 0.497 e. The number of hydrogen-bond donors (Lipinski definition) is 2. The molecule has 0 radical (unpaired) electrons. The Morgan fingerprint density at radius 1 is 1.05 bits per heavy atom. The van der Waals surface area contributed by atoms with E-state index in [4.69, 9.17) is 4.74 Å². The van der Waals surface area contributed by atoms with E-state index in [2.05, 4.69) is 27.5 Å². The van der Waals surface area contributed by atoms with Gasteiger partial charge in [-0.15, -0.1) is 0 Å². The van der Waals surface area contributed by atoms with Gasteiger partial charge in [-0.05, 0) is 30.2 Å². The zero-order valence-corrected chi connectivity index (χ0v) is 13.3. The molecule has 0 bridgehead atoms. The average molecular weight is 300 g/mol. The summed E-state index contributed by atoms with van der Waals surface area (Å²) in [6.07, 6.45) is 5.39. The van der Waals surface area contributed by atoms with Gasteiger partial charge in [0, 0.05) is 19.3 Å². The van der Waals surface area contributed by atoms with E-state index in [0.717, 1.165) is 30.1 Å². The second-order valence-corrected chi connectivity index (χ2v) is 5.10. The van der Waals surface area contributed by atoms with Crippen molar-refractivity contribution in [2.75, 3.05) is 24.3 Å². The Bertz CT molecular complexity index is 557. The van der Waals surface area contributed by atoms with Gasteiger partial charge < -0.3 is 15.4 Å². The maximum Gasteiger partial charge on any atom is 0.224 e. The highest BCUT2D eigenvalue weighted by molar-refractivity contribution is 5.40. The molecule has 0 fully saturated rings. The molecule has 2 aromatic rings. The van der Waals surface area contributed by atoms with Gasteiger partial charge in [0.1, 0.15) is 11.6 Å². The number of unbranched alkanes of at least 4 members (excludes halogenated alkanes) is 2. The SMILES string of the molecule is CCCCCNc1ccnc(NCc2ccc(OC)cc2)n1. The number of rotatable bonds is 9. The summed E-state index contributed by atoms with van der Waals surface area (Å²) in [6.45, 7) is 3.83. The van der Waals surface area contributed by atoms with Crippen molar-refractivity contribution >= 4 is 11.8 Å². The van der Waals surface area contributed by atoms with Crippen molar-refractivity contribution in [1.82, 2.24) is 9.97 Å². The third-order valence-electron chi connectivity index (χ3n) is 3.35. The van der Waals surface area contributed by atoms with Crippen molar-refractivity contribution in [3.63, 3.8) is 0 Å². The van der Waals surface area contributed by atoms with Crippen LogP contribution in [-0.2, 0) is 6.54 Å². The standard InChI is InChI=1S/C17H24N4O/c1-3-4-5-11-18-16-10-12-19-17(21-16)20-13-14-6-8-15(22-2)9-7-14/h6-10,12H,3-5,11,13H2,1-2H3,(H2,18,19,20,21). The zero-order chi connectivity index (χ0) is 15.6. The van der Waals surface area contributed by atoms with Crippen molar-refractivity contribution in [3.8, 4) is 5.75 Å². The minimum absolute atomic E-state index is 0.635. The summed E-state index contributed by atoms with van der Waals surface area (Å²) in [4.78, 5) is 8.71. The predicted octanol–water partition coefficient (Wildman–Crippen LogP) is 3.70. The van der Waals surface area contributed by atoms with E-state index in [0.29, 0.717) is 12.5 Å². The Morgan fingerprint density at radius 2 is 1.86 bits per heavy atom. The first kappa shape index (κ1) is 16.1. The number of aromatic nitrogens is 2. The van der Waals surface area contributed by atoms with Gasteiger partial charge in [-0.25, -0.2) is 4.98 Å². The summed E-state index contributed by atoms with van der Waals surface area (Å²) in [5.74, 6) is 2.36. The molecule has 0 saturated carbocycles. The van der Waals surface area contributed by atoms with Gasteiger partial charge in [-0.2, -0.15) is 4.98 Å². The van der Waals surface area contributed by atoms with Gasteiger partial charge in [0.2, 0.25) is 5.95 Å². The fourth-order valence-electron chi connectivity index (χ4n) is 2.06. The minimum atomic E-state index is 0.635. The van der Waals surface area contributed by atoms with Crippen molar-refractivity contribution in [2.24, 2.45) is 0 Å². The van der Waals surface area contributed by atoms with Crippen LogP contribution in [0.4, 0.5) is 11.8 Å². The van der Waals surface area contributed by atoms with Crippen LogP contribution in [0.1, 0.15) is 31.7 Å². The zero-order valence-electron chi connectivity index (χ0n) is 13.3. The number of benzene rings is 1. The summed E-state index contributed by atoms with van der Waals surface area (Å²) < 4.78 is 5.15. The predicted molar refractivity (Wildman–Crippen MR) is 90.4 cm³/mol. The highest BCUT2D eigenvalue weighted by Crippen LogP contribution is 2.13. The van der Waals surface area contributed by atoms with Crippen molar-refractivity contribution < 1.29 is 4.74 Å². The number of anilines is 2. The number of nitrogens with zero attached hydrogens (tertiary/aromatic N) is 2. The number of methoxy groups -OCH3 is 1. The summed E-state index contributed by atoms with van der Waals surface area (Å²) in [7, 11) is 1.67. The molecule has 0 atom stereocenters. The van der Waals surface area contributed by atoms with E-state index in [1.807, 2.05) is 30.3 Å². The number of hydrogen-bond acceptors (Lipinski definition) is 5. The topological polar surface area (TPSA) is 59.1 Å². The molecule has 1 heterocycles. The van der Waals surface area contributed by atoms with Crippen LogP contribution >= 0.6 is 0 Å². The van der Waals surface area contributed by atoms with E-state index >= 15 is 0 Å². The Balaban J connectivity index is 1.84. The van der Waals surface area contributed by atoms with Crippen LogP contribution < -0.4 is 15.4 Å². The molecule has 0 aliphatic rings. The third kappa shape index (κ3) is 5.24. The van der Waals surface area contributed by atoms with Crippen LogP contribution in [-0.4, -0.2) is 23.6 Å².